The zero-order chi connectivity index (χ0) is 18.3. The van der Waals surface area contributed by atoms with Gasteiger partial charge >= 0.3 is 0 Å². The molecule has 4 rings (SSSR count). The van der Waals surface area contributed by atoms with Crippen LogP contribution in [0.25, 0.3) is 10.4 Å². The summed E-state index contributed by atoms with van der Waals surface area (Å²) in [4.78, 5) is 21.7. The lowest BCUT2D eigenvalue weighted by molar-refractivity contribution is 0.0737. The molecular weight excluding hydrogens is 368 g/mol. The van der Waals surface area contributed by atoms with E-state index in [0.717, 1.165) is 21.7 Å². The maximum Gasteiger partial charge on any atom is 0.266 e. The van der Waals surface area contributed by atoms with E-state index in [1.54, 1.807) is 27.8 Å². The lowest BCUT2D eigenvalue weighted by atomic mass is 10.1. The van der Waals surface area contributed by atoms with Gasteiger partial charge in [0.25, 0.3) is 5.91 Å². The molecule has 1 N–H and O–H groups in total. The van der Waals surface area contributed by atoms with Gasteiger partial charge in [-0.15, -0.1) is 22.7 Å². The third-order valence-corrected chi connectivity index (χ3v) is 6.33. The molecule has 0 radical (unpaired) electrons. The summed E-state index contributed by atoms with van der Waals surface area (Å²) in [5.74, 6) is 0.545. The molecular formula is C19H18N2O3S2. The molecule has 1 amide bonds. The van der Waals surface area contributed by atoms with E-state index in [-0.39, 0.29) is 11.7 Å². The van der Waals surface area contributed by atoms with Gasteiger partial charge < -0.3 is 14.7 Å². The van der Waals surface area contributed by atoms with Crippen molar-refractivity contribution in [3.05, 3.63) is 50.8 Å². The number of fused-ring (bicyclic) bond motifs is 1. The first kappa shape index (κ1) is 17.1. The van der Waals surface area contributed by atoms with E-state index in [2.05, 4.69) is 18.0 Å². The number of phenolic OH excluding ortho intramolecular Hbond substituents is 1. The van der Waals surface area contributed by atoms with E-state index in [4.69, 9.17) is 4.74 Å². The van der Waals surface area contributed by atoms with Crippen LogP contribution in [0.3, 0.4) is 0 Å². The number of ether oxygens (including phenoxy) is 1. The number of amides is 1. The maximum atomic E-state index is 12.9. The van der Waals surface area contributed by atoms with Crippen LogP contribution in [0.15, 0.2) is 29.8 Å². The number of thiazole rings is 1. The molecule has 1 aliphatic heterocycles. The first-order chi connectivity index (χ1) is 12.5. The number of nitrogens with zero attached hydrogens (tertiary/aromatic N) is 2. The summed E-state index contributed by atoms with van der Waals surface area (Å²) in [7, 11) is 0. The average molecular weight is 386 g/mol. The number of aromatic nitrogens is 1. The van der Waals surface area contributed by atoms with Crippen molar-refractivity contribution in [1.29, 1.82) is 0 Å². The van der Waals surface area contributed by atoms with Gasteiger partial charge in [-0.2, -0.15) is 0 Å². The number of rotatable bonds is 2. The van der Waals surface area contributed by atoms with Gasteiger partial charge in [0.2, 0.25) is 0 Å². The van der Waals surface area contributed by atoms with Gasteiger partial charge in [0.05, 0.1) is 17.7 Å². The molecule has 0 aliphatic carbocycles. The SMILES string of the molecule is Cc1ccc(-c2cc(O)c3c(c2)CN(C(=O)c2scnc2C)CCO3)s1. The Balaban J connectivity index is 1.70. The summed E-state index contributed by atoms with van der Waals surface area (Å²) in [6.45, 7) is 5.12. The van der Waals surface area contributed by atoms with Crippen LogP contribution in [0, 0.1) is 13.8 Å². The number of thiophene rings is 1. The second-order valence-electron chi connectivity index (χ2n) is 6.24. The number of hydrogen-bond acceptors (Lipinski definition) is 6. The number of aromatic hydroxyl groups is 1. The fourth-order valence-corrected chi connectivity index (χ4v) is 4.68. The smallest absolute Gasteiger partial charge is 0.266 e. The van der Waals surface area contributed by atoms with E-state index in [1.807, 2.05) is 19.1 Å². The Morgan fingerprint density at radius 3 is 2.85 bits per heavy atom. The lowest BCUT2D eigenvalue weighted by Gasteiger charge is -2.19. The molecule has 0 spiro atoms. The van der Waals surface area contributed by atoms with Crippen molar-refractivity contribution >= 4 is 28.6 Å². The molecule has 0 saturated heterocycles. The van der Waals surface area contributed by atoms with Gasteiger partial charge in [-0.1, -0.05) is 0 Å². The molecule has 5 nitrogen and oxygen atoms in total. The van der Waals surface area contributed by atoms with Crippen LogP contribution in [0.2, 0.25) is 0 Å². The Bertz CT molecular complexity index is 977. The zero-order valence-corrected chi connectivity index (χ0v) is 16.1. The monoisotopic (exact) mass is 386 g/mol. The normalized spacial score (nSPS) is 13.8. The lowest BCUT2D eigenvalue weighted by Crippen LogP contribution is -2.32. The Morgan fingerprint density at radius 1 is 1.31 bits per heavy atom. The summed E-state index contributed by atoms with van der Waals surface area (Å²) < 4.78 is 5.75. The minimum absolute atomic E-state index is 0.0432. The zero-order valence-electron chi connectivity index (χ0n) is 14.5. The van der Waals surface area contributed by atoms with Gasteiger partial charge in [0.15, 0.2) is 11.5 Å². The second-order valence-corrected chi connectivity index (χ2v) is 8.38. The van der Waals surface area contributed by atoms with Gasteiger partial charge in [-0.05, 0) is 43.7 Å². The molecule has 2 aromatic heterocycles. The number of hydrogen-bond donors (Lipinski definition) is 1. The van der Waals surface area contributed by atoms with Crippen molar-refractivity contribution in [3.63, 3.8) is 0 Å². The molecule has 1 aromatic carbocycles. The van der Waals surface area contributed by atoms with Crippen molar-refractivity contribution < 1.29 is 14.6 Å². The van der Waals surface area contributed by atoms with Crippen LogP contribution < -0.4 is 4.74 Å². The van der Waals surface area contributed by atoms with E-state index < -0.39 is 0 Å². The summed E-state index contributed by atoms with van der Waals surface area (Å²) in [5, 5.41) is 10.5. The molecule has 1 aliphatic rings. The highest BCUT2D eigenvalue weighted by Gasteiger charge is 2.25. The summed E-state index contributed by atoms with van der Waals surface area (Å²) in [6, 6.07) is 7.84. The average Bonchev–Trinajstić information content (AvgIpc) is 3.17. The summed E-state index contributed by atoms with van der Waals surface area (Å²) in [5.41, 5.74) is 4.19. The Labute approximate surface area is 159 Å². The minimum atomic E-state index is -0.0432. The van der Waals surface area contributed by atoms with E-state index in [0.29, 0.717) is 30.3 Å². The third kappa shape index (κ3) is 3.08. The molecule has 0 atom stereocenters. The maximum absolute atomic E-state index is 12.9. The van der Waals surface area contributed by atoms with E-state index in [9.17, 15) is 9.90 Å². The Hall–Kier alpha value is -2.38. The highest BCUT2D eigenvalue weighted by atomic mass is 32.1. The predicted molar refractivity (Wildman–Crippen MR) is 103 cm³/mol. The van der Waals surface area contributed by atoms with Crippen molar-refractivity contribution in [2.45, 2.75) is 20.4 Å². The van der Waals surface area contributed by atoms with Crippen LogP contribution in [0.5, 0.6) is 11.5 Å². The fourth-order valence-electron chi connectivity index (χ4n) is 3.05. The summed E-state index contributed by atoms with van der Waals surface area (Å²) >= 11 is 3.03. The fraction of sp³-hybridized carbons (Fsp3) is 0.263. The van der Waals surface area contributed by atoms with Crippen LogP contribution in [-0.4, -0.2) is 34.0 Å². The molecule has 26 heavy (non-hydrogen) atoms. The molecule has 3 aromatic rings. The van der Waals surface area contributed by atoms with E-state index >= 15 is 0 Å². The molecule has 0 unspecified atom stereocenters. The highest BCUT2D eigenvalue weighted by molar-refractivity contribution is 7.15. The topological polar surface area (TPSA) is 62.7 Å². The number of aryl methyl sites for hydroxylation is 2. The first-order valence-electron chi connectivity index (χ1n) is 8.28. The number of benzene rings is 1. The van der Waals surface area contributed by atoms with Crippen molar-refractivity contribution in [2.24, 2.45) is 0 Å². The highest BCUT2D eigenvalue weighted by Crippen LogP contribution is 2.39. The molecule has 0 bridgehead atoms. The first-order valence-corrected chi connectivity index (χ1v) is 9.97. The molecule has 134 valence electrons. The van der Waals surface area contributed by atoms with Gasteiger partial charge in [-0.3, -0.25) is 4.79 Å². The largest absolute Gasteiger partial charge is 0.504 e. The van der Waals surface area contributed by atoms with Gasteiger partial charge in [0.1, 0.15) is 11.5 Å². The molecule has 3 heterocycles. The number of phenols is 1. The third-order valence-electron chi connectivity index (χ3n) is 4.37. The van der Waals surface area contributed by atoms with Crippen LogP contribution >= 0.6 is 22.7 Å². The van der Waals surface area contributed by atoms with E-state index in [1.165, 1.54) is 16.2 Å². The second kappa shape index (κ2) is 6.74. The van der Waals surface area contributed by atoms with Crippen LogP contribution in [0.4, 0.5) is 0 Å². The quantitative estimate of drug-likeness (QED) is 0.716. The van der Waals surface area contributed by atoms with Crippen molar-refractivity contribution in [3.8, 4) is 21.9 Å². The minimum Gasteiger partial charge on any atom is -0.504 e. The van der Waals surface area contributed by atoms with Crippen LogP contribution in [0.1, 0.15) is 25.8 Å². The van der Waals surface area contributed by atoms with Crippen LogP contribution in [-0.2, 0) is 6.54 Å². The summed E-state index contributed by atoms with van der Waals surface area (Å²) in [6.07, 6.45) is 0. The standard InChI is InChI=1S/C19H18N2O3S2/c1-11-3-4-16(26-11)13-7-14-9-21(5-6-24-17(14)15(22)8-13)19(23)18-12(2)20-10-25-18/h3-4,7-8,10,22H,5-6,9H2,1-2H3. The van der Waals surface area contributed by atoms with Gasteiger partial charge in [-0.25, -0.2) is 4.98 Å². The Kier molecular flexibility index (Phi) is 4.42. The number of carbonyl (C=O) groups is 1. The van der Waals surface area contributed by atoms with Gasteiger partial charge in [0, 0.05) is 21.9 Å². The molecule has 7 heteroatoms. The van der Waals surface area contributed by atoms with Crippen molar-refractivity contribution in [2.75, 3.05) is 13.2 Å². The molecule has 0 saturated carbocycles. The number of carbonyl (C=O) groups excluding carboxylic acids is 1. The Morgan fingerprint density at radius 2 is 2.15 bits per heavy atom. The predicted octanol–water partition coefficient (Wildman–Crippen LogP) is 4.23. The van der Waals surface area contributed by atoms with Crippen molar-refractivity contribution in [1.82, 2.24) is 9.88 Å². The molecule has 0 fully saturated rings.